The molecule has 1 aromatic heterocycles. The zero-order valence-corrected chi connectivity index (χ0v) is 8.78. The topological polar surface area (TPSA) is 96.4 Å². The highest BCUT2D eigenvalue weighted by atomic mass is 32.2. The molecular weight excluding hydrogens is 220 g/mol. The van der Waals surface area contributed by atoms with E-state index in [2.05, 4.69) is 9.71 Å². The summed E-state index contributed by atoms with van der Waals surface area (Å²) < 4.78 is 24.5. The number of nitrogens with zero attached hydrogens (tertiary/aromatic N) is 1. The predicted molar refractivity (Wildman–Crippen MR) is 54.0 cm³/mol. The van der Waals surface area contributed by atoms with E-state index >= 15 is 0 Å². The molecule has 0 aliphatic carbocycles. The van der Waals surface area contributed by atoms with E-state index in [-0.39, 0.29) is 5.69 Å². The van der Waals surface area contributed by atoms with Crippen molar-refractivity contribution in [2.75, 3.05) is 10.5 Å². The van der Waals surface area contributed by atoms with Crippen LogP contribution in [0.25, 0.3) is 0 Å². The van der Waals surface area contributed by atoms with Crippen molar-refractivity contribution in [3.8, 4) is 0 Å². The van der Waals surface area contributed by atoms with Crippen LogP contribution in [0.15, 0.2) is 18.3 Å². The number of hydrogen-bond acceptors (Lipinski definition) is 4. The van der Waals surface area contributed by atoms with Crippen LogP contribution in [-0.4, -0.2) is 30.2 Å². The van der Waals surface area contributed by atoms with Crippen molar-refractivity contribution in [3.05, 3.63) is 24.0 Å². The average Bonchev–Trinajstić information content (AvgIpc) is 2.06. The zero-order valence-electron chi connectivity index (χ0n) is 7.97. The quantitative estimate of drug-likeness (QED) is 0.771. The first kappa shape index (κ1) is 11.4. The first-order valence-electron chi connectivity index (χ1n) is 4.04. The van der Waals surface area contributed by atoms with Gasteiger partial charge in [-0.25, -0.2) is 8.42 Å². The third-order valence-electron chi connectivity index (χ3n) is 1.50. The molecule has 1 heterocycles. The second-order valence-electron chi connectivity index (χ2n) is 2.94. The van der Waals surface area contributed by atoms with E-state index in [1.807, 2.05) is 0 Å². The van der Waals surface area contributed by atoms with Crippen LogP contribution in [0, 0.1) is 6.92 Å². The van der Waals surface area contributed by atoms with Gasteiger partial charge in [0.25, 0.3) is 0 Å². The van der Waals surface area contributed by atoms with Crippen LogP contribution in [0.3, 0.4) is 0 Å². The van der Waals surface area contributed by atoms with Gasteiger partial charge in [0.2, 0.25) is 10.0 Å². The van der Waals surface area contributed by atoms with Crippen LogP contribution in [0.4, 0.5) is 5.69 Å². The molecule has 0 aromatic carbocycles. The van der Waals surface area contributed by atoms with Crippen molar-refractivity contribution in [1.82, 2.24) is 4.98 Å². The van der Waals surface area contributed by atoms with Gasteiger partial charge in [-0.3, -0.25) is 14.5 Å². The van der Waals surface area contributed by atoms with Crippen LogP contribution < -0.4 is 4.72 Å². The largest absolute Gasteiger partial charge is 0.480 e. The van der Waals surface area contributed by atoms with Gasteiger partial charge < -0.3 is 5.11 Å². The van der Waals surface area contributed by atoms with E-state index in [0.29, 0.717) is 0 Å². The fourth-order valence-corrected chi connectivity index (χ4v) is 1.78. The summed E-state index contributed by atoms with van der Waals surface area (Å²) in [4.78, 5) is 14.1. The molecule has 0 saturated heterocycles. The molecule has 0 aliphatic rings. The second-order valence-corrected chi connectivity index (χ2v) is 4.67. The van der Waals surface area contributed by atoms with E-state index in [4.69, 9.17) is 5.11 Å². The molecule has 7 heteroatoms. The highest BCUT2D eigenvalue weighted by Crippen LogP contribution is 2.07. The minimum atomic E-state index is -3.84. The number of carbonyl (C=O) groups is 1. The van der Waals surface area contributed by atoms with Crippen LogP contribution in [-0.2, 0) is 14.8 Å². The van der Waals surface area contributed by atoms with Crippen molar-refractivity contribution < 1.29 is 18.3 Å². The summed E-state index contributed by atoms with van der Waals surface area (Å²) in [5.74, 6) is -2.36. The van der Waals surface area contributed by atoms with Gasteiger partial charge in [0.05, 0.1) is 11.9 Å². The lowest BCUT2D eigenvalue weighted by Gasteiger charge is -2.05. The molecule has 0 amide bonds. The third-order valence-corrected chi connectivity index (χ3v) is 2.67. The Morgan fingerprint density at radius 2 is 2.20 bits per heavy atom. The maximum absolute atomic E-state index is 11.2. The number of rotatable bonds is 4. The fraction of sp³-hybridized carbons (Fsp3) is 0.250. The SMILES string of the molecule is Cc1ccc(NS(=O)(=O)CC(=O)O)cn1. The summed E-state index contributed by atoms with van der Waals surface area (Å²) in [7, 11) is -3.84. The standard InChI is InChI=1S/C8H10N2O4S/c1-6-2-3-7(4-9-6)10-15(13,14)5-8(11)12/h2-4,10H,5H2,1H3,(H,11,12). The first-order valence-corrected chi connectivity index (χ1v) is 5.69. The molecule has 0 aliphatic heterocycles. The number of aryl methyl sites for hydroxylation is 1. The van der Waals surface area contributed by atoms with Crippen LogP contribution in [0.5, 0.6) is 0 Å². The number of carboxylic acid groups (broad SMARTS) is 1. The van der Waals surface area contributed by atoms with Crippen LogP contribution in [0.2, 0.25) is 0 Å². The number of anilines is 1. The molecule has 2 N–H and O–H groups in total. The molecule has 0 saturated carbocycles. The number of carboxylic acids is 1. The molecule has 6 nitrogen and oxygen atoms in total. The molecule has 0 spiro atoms. The minimum Gasteiger partial charge on any atom is -0.480 e. The lowest BCUT2D eigenvalue weighted by molar-refractivity contribution is -0.134. The van der Waals surface area contributed by atoms with Crippen molar-refractivity contribution in [2.45, 2.75) is 6.92 Å². The number of hydrogen-bond donors (Lipinski definition) is 2. The molecule has 82 valence electrons. The maximum Gasteiger partial charge on any atom is 0.320 e. The second kappa shape index (κ2) is 4.26. The Bertz CT molecular complexity index is 452. The summed E-state index contributed by atoms with van der Waals surface area (Å²) in [6.45, 7) is 1.76. The van der Waals surface area contributed by atoms with E-state index in [1.165, 1.54) is 12.3 Å². The number of aromatic nitrogens is 1. The predicted octanol–water partition coefficient (Wildman–Crippen LogP) is 0.216. The zero-order chi connectivity index (χ0) is 11.5. The van der Waals surface area contributed by atoms with Crippen molar-refractivity contribution in [1.29, 1.82) is 0 Å². The van der Waals surface area contributed by atoms with Gasteiger partial charge in [0.1, 0.15) is 0 Å². The van der Waals surface area contributed by atoms with Crippen molar-refractivity contribution in [3.63, 3.8) is 0 Å². The Balaban J connectivity index is 2.78. The smallest absolute Gasteiger partial charge is 0.320 e. The number of pyridine rings is 1. The molecule has 0 bridgehead atoms. The minimum absolute atomic E-state index is 0.252. The molecule has 0 unspecified atom stereocenters. The Labute approximate surface area is 87.0 Å². The maximum atomic E-state index is 11.2. The van der Waals surface area contributed by atoms with E-state index in [1.54, 1.807) is 13.0 Å². The molecule has 1 aromatic rings. The Hall–Kier alpha value is -1.63. The van der Waals surface area contributed by atoms with E-state index in [9.17, 15) is 13.2 Å². The van der Waals surface area contributed by atoms with E-state index < -0.39 is 21.7 Å². The molecule has 15 heavy (non-hydrogen) atoms. The number of aliphatic carboxylic acids is 1. The molecular formula is C8H10N2O4S. The Morgan fingerprint density at radius 3 is 2.67 bits per heavy atom. The molecule has 0 radical (unpaired) electrons. The van der Waals surface area contributed by atoms with Crippen LogP contribution >= 0.6 is 0 Å². The van der Waals surface area contributed by atoms with Gasteiger partial charge in [-0.2, -0.15) is 0 Å². The third kappa shape index (κ3) is 3.94. The van der Waals surface area contributed by atoms with Gasteiger partial charge in [-0.05, 0) is 19.1 Å². The molecule has 0 atom stereocenters. The van der Waals surface area contributed by atoms with E-state index in [0.717, 1.165) is 5.69 Å². The van der Waals surface area contributed by atoms with Gasteiger partial charge in [-0.15, -0.1) is 0 Å². The summed E-state index contributed by atoms with van der Waals surface area (Å²) >= 11 is 0. The van der Waals surface area contributed by atoms with Crippen LogP contribution in [0.1, 0.15) is 5.69 Å². The van der Waals surface area contributed by atoms with Crippen molar-refractivity contribution >= 4 is 21.7 Å². The average molecular weight is 230 g/mol. The lowest BCUT2D eigenvalue weighted by atomic mass is 10.4. The first-order chi connectivity index (χ1) is 6.89. The van der Waals surface area contributed by atoms with Gasteiger partial charge in [0, 0.05) is 5.69 Å². The lowest BCUT2D eigenvalue weighted by Crippen LogP contribution is -2.22. The van der Waals surface area contributed by atoms with Crippen molar-refractivity contribution in [2.24, 2.45) is 0 Å². The summed E-state index contributed by atoms with van der Waals surface area (Å²) in [5.41, 5.74) is 0.998. The van der Waals surface area contributed by atoms with Gasteiger partial charge in [-0.1, -0.05) is 0 Å². The number of sulfonamides is 1. The Morgan fingerprint density at radius 1 is 1.53 bits per heavy atom. The highest BCUT2D eigenvalue weighted by molar-refractivity contribution is 7.93. The summed E-state index contributed by atoms with van der Waals surface area (Å²) in [6, 6.07) is 3.14. The summed E-state index contributed by atoms with van der Waals surface area (Å²) in [5, 5.41) is 8.34. The van der Waals surface area contributed by atoms with Gasteiger partial charge in [0.15, 0.2) is 5.75 Å². The summed E-state index contributed by atoms with van der Waals surface area (Å²) in [6.07, 6.45) is 1.33. The monoisotopic (exact) mass is 230 g/mol. The molecule has 0 fully saturated rings. The molecule has 1 rings (SSSR count). The Kier molecular flexibility index (Phi) is 3.25. The normalized spacial score (nSPS) is 11.0. The fourth-order valence-electron chi connectivity index (χ4n) is 0.906. The highest BCUT2D eigenvalue weighted by Gasteiger charge is 2.15. The number of nitrogens with one attached hydrogen (secondary N) is 1. The van der Waals surface area contributed by atoms with Gasteiger partial charge >= 0.3 is 5.97 Å².